The minimum atomic E-state index is -0.0359. The molecular weight excluding hydrogens is 450 g/mol. The number of hydrogen-bond donors (Lipinski definition) is 0. The zero-order chi connectivity index (χ0) is 25.8. The summed E-state index contributed by atoms with van der Waals surface area (Å²) < 4.78 is 7.54. The molecule has 1 aromatic heterocycles. The van der Waals surface area contributed by atoms with E-state index in [1.165, 1.54) is 0 Å². The van der Waals surface area contributed by atoms with E-state index in [1.807, 2.05) is 72.6 Å². The molecule has 0 saturated heterocycles. The van der Waals surface area contributed by atoms with Gasteiger partial charge in [-0.15, -0.1) is 0 Å². The number of nitrogens with zero attached hydrogens (tertiary/aromatic N) is 3. The van der Waals surface area contributed by atoms with Gasteiger partial charge in [0.15, 0.2) is 0 Å². The number of carbonyl (C=O) groups is 2. The van der Waals surface area contributed by atoms with Crippen molar-refractivity contribution < 1.29 is 14.3 Å². The molecule has 192 valence electrons. The molecule has 3 aromatic rings. The van der Waals surface area contributed by atoms with Gasteiger partial charge in [-0.25, -0.2) is 0 Å². The van der Waals surface area contributed by atoms with E-state index in [0.717, 1.165) is 41.8 Å². The molecule has 0 atom stereocenters. The van der Waals surface area contributed by atoms with E-state index in [0.29, 0.717) is 32.6 Å². The molecule has 0 aliphatic heterocycles. The van der Waals surface area contributed by atoms with Crippen LogP contribution in [0.15, 0.2) is 72.9 Å². The van der Waals surface area contributed by atoms with Gasteiger partial charge < -0.3 is 19.1 Å². The molecule has 0 aliphatic rings. The summed E-state index contributed by atoms with van der Waals surface area (Å²) in [6.07, 6.45) is 5.17. The molecule has 0 aliphatic carbocycles. The Morgan fingerprint density at radius 2 is 1.61 bits per heavy atom. The largest absolute Gasteiger partial charge is 0.497 e. The van der Waals surface area contributed by atoms with E-state index in [9.17, 15) is 9.59 Å². The Labute approximate surface area is 215 Å². The summed E-state index contributed by atoms with van der Waals surface area (Å²) in [4.78, 5) is 30.0. The van der Waals surface area contributed by atoms with Crippen molar-refractivity contribution in [1.82, 2.24) is 14.4 Å². The van der Waals surface area contributed by atoms with Gasteiger partial charge in [0.05, 0.1) is 20.2 Å². The smallest absolute Gasteiger partial charge is 0.242 e. The van der Waals surface area contributed by atoms with Crippen LogP contribution in [0.2, 0.25) is 0 Å². The van der Waals surface area contributed by atoms with Crippen molar-refractivity contribution in [3.63, 3.8) is 0 Å². The van der Waals surface area contributed by atoms with Gasteiger partial charge in [-0.3, -0.25) is 9.59 Å². The van der Waals surface area contributed by atoms with Crippen LogP contribution in [-0.2, 0) is 29.2 Å². The SMILES string of the molecule is CCCCC(=O)N(CCC)CC(=O)N(Cc1ccccc1)Cc1cccn1Cc1cccc(OC)c1. The fraction of sp³-hybridized carbons (Fsp3) is 0.400. The number of aromatic nitrogens is 1. The van der Waals surface area contributed by atoms with E-state index < -0.39 is 0 Å². The molecule has 0 spiro atoms. The minimum Gasteiger partial charge on any atom is -0.497 e. The molecule has 0 N–H and O–H groups in total. The Bertz CT molecular complexity index is 1090. The van der Waals surface area contributed by atoms with Gasteiger partial charge in [-0.2, -0.15) is 0 Å². The molecule has 0 fully saturated rings. The Morgan fingerprint density at radius 1 is 0.833 bits per heavy atom. The molecule has 0 bridgehead atoms. The summed E-state index contributed by atoms with van der Waals surface area (Å²) in [5.41, 5.74) is 3.24. The summed E-state index contributed by atoms with van der Waals surface area (Å²) in [6.45, 7) is 6.47. The molecule has 0 radical (unpaired) electrons. The van der Waals surface area contributed by atoms with Crippen LogP contribution in [0.25, 0.3) is 0 Å². The summed E-state index contributed by atoms with van der Waals surface area (Å²) in [5.74, 6) is 0.852. The summed E-state index contributed by atoms with van der Waals surface area (Å²) in [7, 11) is 1.67. The maximum absolute atomic E-state index is 13.6. The van der Waals surface area contributed by atoms with E-state index in [4.69, 9.17) is 4.74 Å². The summed E-state index contributed by atoms with van der Waals surface area (Å²) in [5, 5.41) is 0. The lowest BCUT2D eigenvalue weighted by molar-refractivity contribution is -0.141. The molecular formula is C30H39N3O3. The van der Waals surface area contributed by atoms with Crippen LogP contribution in [0, 0.1) is 0 Å². The number of rotatable bonds is 14. The number of hydrogen-bond acceptors (Lipinski definition) is 3. The lowest BCUT2D eigenvalue weighted by atomic mass is 10.2. The highest BCUT2D eigenvalue weighted by Crippen LogP contribution is 2.17. The van der Waals surface area contributed by atoms with Gasteiger partial charge in [0.25, 0.3) is 0 Å². The summed E-state index contributed by atoms with van der Waals surface area (Å²) in [6, 6.07) is 22.1. The van der Waals surface area contributed by atoms with Crippen molar-refractivity contribution in [1.29, 1.82) is 0 Å². The van der Waals surface area contributed by atoms with Crippen LogP contribution in [0.4, 0.5) is 0 Å². The van der Waals surface area contributed by atoms with Gasteiger partial charge in [-0.1, -0.05) is 62.7 Å². The maximum atomic E-state index is 13.6. The number of amides is 2. The van der Waals surface area contributed by atoms with Crippen LogP contribution in [0.1, 0.15) is 56.4 Å². The van der Waals surface area contributed by atoms with Gasteiger partial charge in [0, 0.05) is 37.9 Å². The fourth-order valence-corrected chi connectivity index (χ4v) is 4.26. The van der Waals surface area contributed by atoms with Gasteiger partial charge in [-0.05, 0) is 48.2 Å². The standard InChI is InChI=1S/C30H39N3O3/c1-4-6-17-29(34)32(18-5-2)24-30(35)33(21-25-12-8-7-9-13-25)23-27-15-11-19-31(27)22-26-14-10-16-28(20-26)36-3/h7-16,19-20H,4-6,17-18,21-24H2,1-3H3. The monoisotopic (exact) mass is 489 g/mol. The Balaban J connectivity index is 1.79. The first-order valence-corrected chi connectivity index (χ1v) is 12.9. The quantitative estimate of drug-likeness (QED) is 0.300. The van der Waals surface area contributed by atoms with E-state index in [-0.39, 0.29) is 18.4 Å². The average Bonchev–Trinajstić information content (AvgIpc) is 3.33. The average molecular weight is 490 g/mol. The Morgan fingerprint density at radius 3 is 2.33 bits per heavy atom. The van der Waals surface area contributed by atoms with Crippen LogP contribution in [-0.4, -0.2) is 46.4 Å². The molecule has 36 heavy (non-hydrogen) atoms. The zero-order valence-corrected chi connectivity index (χ0v) is 21.9. The highest BCUT2D eigenvalue weighted by molar-refractivity contribution is 5.84. The van der Waals surface area contributed by atoms with Crippen molar-refractivity contribution in [3.8, 4) is 5.75 Å². The van der Waals surface area contributed by atoms with Crippen molar-refractivity contribution in [2.75, 3.05) is 20.2 Å². The predicted octanol–water partition coefficient (Wildman–Crippen LogP) is 5.50. The third-order valence-corrected chi connectivity index (χ3v) is 6.25. The first kappa shape index (κ1) is 27.1. The number of unbranched alkanes of at least 4 members (excludes halogenated alkanes) is 1. The molecule has 2 aromatic carbocycles. The maximum Gasteiger partial charge on any atom is 0.242 e. The first-order chi connectivity index (χ1) is 17.5. The minimum absolute atomic E-state index is 0.0359. The predicted molar refractivity (Wildman–Crippen MR) is 144 cm³/mol. The fourth-order valence-electron chi connectivity index (χ4n) is 4.26. The third-order valence-electron chi connectivity index (χ3n) is 6.25. The number of methoxy groups -OCH3 is 1. The van der Waals surface area contributed by atoms with Crippen LogP contribution in [0.3, 0.4) is 0 Å². The number of benzene rings is 2. The second-order valence-electron chi connectivity index (χ2n) is 9.13. The van der Waals surface area contributed by atoms with Gasteiger partial charge in [0.1, 0.15) is 5.75 Å². The molecule has 6 heteroatoms. The van der Waals surface area contributed by atoms with Gasteiger partial charge in [0.2, 0.25) is 11.8 Å². The molecule has 2 amide bonds. The van der Waals surface area contributed by atoms with Crippen molar-refractivity contribution in [2.45, 2.75) is 59.2 Å². The lowest BCUT2D eigenvalue weighted by Gasteiger charge is -2.28. The Kier molecular flexibility index (Phi) is 10.6. The number of ether oxygens (including phenoxy) is 1. The van der Waals surface area contributed by atoms with E-state index in [2.05, 4.69) is 23.6 Å². The highest BCUT2D eigenvalue weighted by Gasteiger charge is 2.22. The highest BCUT2D eigenvalue weighted by atomic mass is 16.5. The molecule has 3 rings (SSSR count). The normalized spacial score (nSPS) is 10.8. The van der Waals surface area contributed by atoms with Crippen LogP contribution in [0.5, 0.6) is 5.75 Å². The van der Waals surface area contributed by atoms with Crippen molar-refractivity contribution in [2.24, 2.45) is 0 Å². The number of carbonyl (C=O) groups excluding carboxylic acids is 2. The Hall–Kier alpha value is -3.54. The molecule has 0 unspecified atom stereocenters. The van der Waals surface area contributed by atoms with E-state index in [1.54, 1.807) is 12.0 Å². The lowest BCUT2D eigenvalue weighted by Crippen LogP contribution is -2.43. The second-order valence-corrected chi connectivity index (χ2v) is 9.13. The summed E-state index contributed by atoms with van der Waals surface area (Å²) >= 11 is 0. The zero-order valence-electron chi connectivity index (χ0n) is 21.9. The second kappa shape index (κ2) is 14.1. The first-order valence-electron chi connectivity index (χ1n) is 12.9. The van der Waals surface area contributed by atoms with E-state index >= 15 is 0 Å². The molecule has 6 nitrogen and oxygen atoms in total. The molecule has 1 heterocycles. The van der Waals surface area contributed by atoms with Gasteiger partial charge >= 0.3 is 0 Å². The topological polar surface area (TPSA) is 54.8 Å². The molecule has 0 saturated carbocycles. The van der Waals surface area contributed by atoms with Crippen molar-refractivity contribution in [3.05, 3.63) is 89.7 Å². The van der Waals surface area contributed by atoms with Crippen LogP contribution < -0.4 is 4.74 Å². The van der Waals surface area contributed by atoms with Crippen LogP contribution >= 0.6 is 0 Å². The van der Waals surface area contributed by atoms with Crippen molar-refractivity contribution >= 4 is 11.8 Å². The third kappa shape index (κ3) is 8.01.